The summed E-state index contributed by atoms with van der Waals surface area (Å²) in [6.07, 6.45) is 0. The maximum Gasteiger partial charge on any atom is 0.232 e. The number of amides is 1. The zero-order chi connectivity index (χ0) is 20.6. The van der Waals surface area contributed by atoms with Crippen LogP contribution in [0.2, 0.25) is 0 Å². The predicted molar refractivity (Wildman–Crippen MR) is 119 cm³/mol. The molecule has 1 fully saturated rings. The second kappa shape index (κ2) is 10.2. The minimum Gasteiger partial charge on any atom is -0.379 e. The molecule has 0 aliphatic carbocycles. The highest BCUT2D eigenvalue weighted by atomic mass is 16.5. The Morgan fingerprint density at radius 1 is 0.800 bits per heavy atom. The van der Waals surface area contributed by atoms with Gasteiger partial charge in [-0.05, 0) is 22.3 Å². The van der Waals surface area contributed by atoms with Gasteiger partial charge in [0.25, 0.3) is 0 Å². The van der Waals surface area contributed by atoms with Crippen LogP contribution in [0.5, 0.6) is 0 Å². The van der Waals surface area contributed by atoms with E-state index >= 15 is 0 Å². The molecular formula is C26H28N2O2. The number of ether oxygens (including phenoxy) is 1. The molecule has 0 radical (unpaired) electrons. The summed E-state index contributed by atoms with van der Waals surface area (Å²) < 4.78 is 5.41. The zero-order valence-corrected chi connectivity index (χ0v) is 17.2. The minimum atomic E-state index is -0.312. The summed E-state index contributed by atoms with van der Waals surface area (Å²) in [6.45, 7) is 5.06. The largest absolute Gasteiger partial charge is 0.379 e. The quantitative estimate of drug-likeness (QED) is 0.653. The summed E-state index contributed by atoms with van der Waals surface area (Å²) in [4.78, 5) is 15.5. The molecule has 4 nitrogen and oxygen atoms in total. The van der Waals surface area contributed by atoms with E-state index in [1.165, 1.54) is 5.56 Å². The van der Waals surface area contributed by atoms with Crippen molar-refractivity contribution in [1.29, 1.82) is 0 Å². The van der Waals surface area contributed by atoms with Crippen molar-refractivity contribution in [2.24, 2.45) is 0 Å². The lowest BCUT2D eigenvalue weighted by Gasteiger charge is -2.26. The van der Waals surface area contributed by atoms with Crippen molar-refractivity contribution in [3.05, 3.63) is 107 Å². The fourth-order valence-corrected chi connectivity index (χ4v) is 3.86. The average Bonchev–Trinajstić information content (AvgIpc) is 2.81. The van der Waals surface area contributed by atoms with Gasteiger partial charge in [-0.25, -0.2) is 0 Å². The van der Waals surface area contributed by atoms with E-state index in [0.717, 1.165) is 49.5 Å². The van der Waals surface area contributed by atoms with Crippen molar-refractivity contribution in [1.82, 2.24) is 10.2 Å². The van der Waals surface area contributed by atoms with Crippen LogP contribution in [0.25, 0.3) is 0 Å². The van der Waals surface area contributed by atoms with Gasteiger partial charge in [-0.15, -0.1) is 0 Å². The molecule has 0 bridgehead atoms. The number of hydrogen-bond donors (Lipinski definition) is 1. The molecule has 0 spiro atoms. The Bertz CT molecular complexity index is 881. The third-order valence-electron chi connectivity index (χ3n) is 5.53. The number of hydrogen-bond acceptors (Lipinski definition) is 3. The Balaban J connectivity index is 1.39. The molecule has 3 aromatic carbocycles. The molecule has 1 saturated heterocycles. The normalized spacial score (nSPS) is 14.6. The Morgan fingerprint density at radius 3 is 1.90 bits per heavy atom. The lowest BCUT2D eigenvalue weighted by Crippen LogP contribution is -2.35. The standard InChI is InChI=1S/C26H28N2O2/c29-26(25(23-7-3-1-4-8-23)24-9-5-2-6-10-24)27-19-21-11-13-22(14-12-21)20-28-15-17-30-18-16-28/h1-14,25H,15-20H2,(H,27,29). The van der Waals surface area contributed by atoms with E-state index in [2.05, 4.69) is 34.5 Å². The fourth-order valence-electron chi connectivity index (χ4n) is 3.86. The first kappa shape index (κ1) is 20.3. The fraction of sp³-hybridized carbons (Fsp3) is 0.269. The summed E-state index contributed by atoms with van der Waals surface area (Å²) in [5, 5.41) is 3.13. The number of nitrogens with zero attached hydrogens (tertiary/aromatic N) is 1. The molecule has 1 amide bonds. The van der Waals surface area contributed by atoms with Crippen LogP contribution in [0.1, 0.15) is 28.2 Å². The number of carbonyl (C=O) groups excluding carboxylic acids is 1. The van der Waals surface area contributed by atoms with Crippen LogP contribution in [0, 0.1) is 0 Å². The maximum absolute atomic E-state index is 13.1. The lowest BCUT2D eigenvalue weighted by atomic mass is 9.90. The highest BCUT2D eigenvalue weighted by Gasteiger charge is 2.22. The highest BCUT2D eigenvalue weighted by Crippen LogP contribution is 2.24. The first-order chi connectivity index (χ1) is 14.8. The molecule has 3 aromatic rings. The molecule has 1 aliphatic rings. The van der Waals surface area contributed by atoms with Crippen LogP contribution < -0.4 is 5.32 Å². The van der Waals surface area contributed by atoms with Crippen molar-refractivity contribution in [2.45, 2.75) is 19.0 Å². The van der Waals surface area contributed by atoms with Gasteiger partial charge in [0.15, 0.2) is 0 Å². The predicted octanol–water partition coefficient (Wildman–Crippen LogP) is 3.97. The summed E-state index contributed by atoms with van der Waals surface area (Å²) in [7, 11) is 0. The van der Waals surface area contributed by atoms with Gasteiger partial charge < -0.3 is 10.1 Å². The number of nitrogens with one attached hydrogen (secondary N) is 1. The summed E-state index contributed by atoms with van der Waals surface area (Å²) in [5.41, 5.74) is 4.40. The monoisotopic (exact) mass is 400 g/mol. The number of carbonyl (C=O) groups is 1. The molecule has 1 aliphatic heterocycles. The third kappa shape index (κ3) is 5.35. The molecule has 4 heteroatoms. The van der Waals surface area contributed by atoms with Crippen molar-refractivity contribution in [3.8, 4) is 0 Å². The molecule has 1 heterocycles. The van der Waals surface area contributed by atoms with Crippen molar-refractivity contribution < 1.29 is 9.53 Å². The van der Waals surface area contributed by atoms with Gasteiger partial charge in [0.05, 0.1) is 19.1 Å². The van der Waals surface area contributed by atoms with Crippen molar-refractivity contribution in [3.63, 3.8) is 0 Å². The van der Waals surface area contributed by atoms with E-state index in [-0.39, 0.29) is 11.8 Å². The van der Waals surface area contributed by atoms with Crippen LogP contribution in [0.3, 0.4) is 0 Å². The Labute approximate surface area is 178 Å². The molecule has 154 valence electrons. The topological polar surface area (TPSA) is 41.6 Å². The van der Waals surface area contributed by atoms with E-state index in [1.807, 2.05) is 60.7 Å². The Morgan fingerprint density at radius 2 is 1.33 bits per heavy atom. The van der Waals surface area contributed by atoms with Crippen LogP contribution in [-0.2, 0) is 22.6 Å². The van der Waals surface area contributed by atoms with E-state index in [0.29, 0.717) is 6.54 Å². The summed E-state index contributed by atoms with van der Waals surface area (Å²) in [5.74, 6) is -0.294. The van der Waals surface area contributed by atoms with Crippen molar-refractivity contribution in [2.75, 3.05) is 26.3 Å². The number of rotatable bonds is 7. The zero-order valence-electron chi connectivity index (χ0n) is 17.2. The average molecular weight is 401 g/mol. The second-order valence-corrected chi connectivity index (χ2v) is 7.68. The molecule has 0 unspecified atom stereocenters. The molecule has 0 atom stereocenters. The SMILES string of the molecule is O=C(NCc1ccc(CN2CCOCC2)cc1)C(c1ccccc1)c1ccccc1. The molecule has 0 aromatic heterocycles. The lowest BCUT2D eigenvalue weighted by molar-refractivity contribution is -0.121. The number of morpholine rings is 1. The summed E-state index contributed by atoms with van der Waals surface area (Å²) in [6, 6.07) is 28.4. The van der Waals surface area contributed by atoms with E-state index in [4.69, 9.17) is 4.74 Å². The van der Waals surface area contributed by atoms with Gasteiger partial charge in [-0.2, -0.15) is 0 Å². The Kier molecular flexibility index (Phi) is 6.91. The van der Waals surface area contributed by atoms with Crippen molar-refractivity contribution >= 4 is 5.91 Å². The highest BCUT2D eigenvalue weighted by molar-refractivity contribution is 5.87. The van der Waals surface area contributed by atoms with Gasteiger partial charge in [0, 0.05) is 26.2 Å². The molecule has 1 N–H and O–H groups in total. The van der Waals surface area contributed by atoms with E-state index in [9.17, 15) is 4.79 Å². The van der Waals surface area contributed by atoms with Crippen LogP contribution in [-0.4, -0.2) is 37.1 Å². The Hall–Kier alpha value is -2.95. The molecule has 30 heavy (non-hydrogen) atoms. The smallest absolute Gasteiger partial charge is 0.232 e. The molecular weight excluding hydrogens is 372 g/mol. The van der Waals surface area contributed by atoms with Crippen LogP contribution >= 0.6 is 0 Å². The van der Waals surface area contributed by atoms with Crippen LogP contribution in [0.15, 0.2) is 84.9 Å². The van der Waals surface area contributed by atoms with Gasteiger partial charge in [-0.3, -0.25) is 9.69 Å². The second-order valence-electron chi connectivity index (χ2n) is 7.68. The first-order valence-corrected chi connectivity index (χ1v) is 10.5. The van der Waals surface area contributed by atoms with Gasteiger partial charge in [0.2, 0.25) is 5.91 Å². The first-order valence-electron chi connectivity index (χ1n) is 10.5. The minimum absolute atomic E-state index is 0.0183. The van der Waals surface area contributed by atoms with Crippen LogP contribution in [0.4, 0.5) is 0 Å². The van der Waals surface area contributed by atoms with Gasteiger partial charge in [0.1, 0.15) is 0 Å². The molecule has 4 rings (SSSR count). The number of benzene rings is 3. The van der Waals surface area contributed by atoms with Gasteiger partial charge in [-0.1, -0.05) is 84.9 Å². The maximum atomic E-state index is 13.1. The van der Waals surface area contributed by atoms with E-state index < -0.39 is 0 Å². The molecule has 0 saturated carbocycles. The van der Waals surface area contributed by atoms with E-state index in [1.54, 1.807) is 0 Å². The summed E-state index contributed by atoms with van der Waals surface area (Å²) >= 11 is 0. The van der Waals surface area contributed by atoms with Gasteiger partial charge >= 0.3 is 0 Å². The third-order valence-corrected chi connectivity index (χ3v) is 5.53.